The zero-order chi connectivity index (χ0) is 46.8. The largest absolute Gasteiger partial charge is 0.507 e. The lowest BCUT2D eigenvalue weighted by atomic mass is 10.1. The van der Waals surface area contributed by atoms with Crippen LogP contribution < -0.4 is 24.3 Å². The van der Waals surface area contributed by atoms with Gasteiger partial charge in [-0.1, -0.05) is 104 Å². The number of hydrogen-bond donors (Lipinski definition) is 2. The van der Waals surface area contributed by atoms with Crippen LogP contribution in [0.5, 0.6) is 28.7 Å². The summed E-state index contributed by atoms with van der Waals surface area (Å²) in [6.07, 6.45) is 4.49. The van der Waals surface area contributed by atoms with Crippen LogP contribution in [-0.4, -0.2) is 53.9 Å². The number of ether oxygens (including phenoxy) is 5. The van der Waals surface area contributed by atoms with Crippen molar-refractivity contribution in [3.05, 3.63) is 185 Å². The van der Waals surface area contributed by atoms with Gasteiger partial charge in [0.2, 0.25) is 0 Å². The van der Waals surface area contributed by atoms with E-state index in [4.69, 9.17) is 33.7 Å². The molecule has 1 aliphatic rings. The number of nitrogens with zero attached hydrogens (tertiary/aromatic N) is 2. The van der Waals surface area contributed by atoms with E-state index in [0.29, 0.717) is 58.6 Å². The Hall–Kier alpha value is -8.06. The van der Waals surface area contributed by atoms with Gasteiger partial charge in [0, 0.05) is 22.8 Å². The maximum atomic E-state index is 12.7. The molecule has 1 unspecified atom stereocenters. The first-order chi connectivity index (χ1) is 32.7. The summed E-state index contributed by atoms with van der Waals surface area (Å²) < 4.78 is 27.5. The fourth-order valence-electron chi connectivity index (χ4n) is 6.92. The van der Waals surface area contributed by atoms with E-state index >= 15 is 0 Å². The smallest absolute Gasteiger partial charge is 0.343 e. The molecule has 1 heterocycles. The number of aliphatic imine (C=N–C) groups is 2. The van der Waals surface area contributed by atoms with Gasteiger partial charge in [0.15, 0.2) is 12.0 Å². The Balaban J connectivity index is 0.725. The highest BCUT2D eigenvalue weighted by Gasteiger charge is 2.24. The Labute approximate surface area is 389 Å². The molecule has 13 nitrogen and oxygen atoms in total. The maximum Gasteiger partial charge on any atom is 0.343 e. The summed E-state index contributed by atoms with van der Waals surface area (Å²) in [5.41, 5.74) is 4.02. The number of rotatable bonds is 21. The maximum absolute atomic E-state index is 12.7. The molecule has 13 heteroatoms. The fourth-order valence-corrected chi connectivity index (χ4v) is 6.92. The summed E-state index contributed by atoms with van der Waals surface area (Å²) >= 11 is 0. The summed E-state index contributed by atoms with van der Waals surface area (Å²) in [7, 11) is 0. The van der Waals surface area contributed by atoms with Crippen LogP contribution in [0.25, 0.3) is 0 Å². The number of carbonyl (C=O) groups is 4. The number of aryl methyl sites for hydroxylation is 1. The van der Waals surface area contributed by atoms with Crippen LogP contribution in [-0.2, 0) is 14.3 Å². The summed E-state index contributed by atoms with van der Waals surface area (Å²) in [5, 5.41) is 14.3. The van der Waals surface area contributed by atoms with E-state index in [1.54, 1.807) is 72.8 Å². The van der Waals surface area contributed by atoms with Gasteiger partial charge in [0.05, 0.1) is 37.2 Å². The van der Waals surface area contributed by atoms with Crippen LogP contribution in [0.3, 0.4) is 0 Å². The molecule has 0 aliphatic carbocycles. The molecule has 6 aromatic carbocycles. The number of phenols is 1. The second-order valence-electron chi connectivity index (χ2n) is 15.7. The first-order valence-electron chi connectivity index (χ1n) is 22.2. The van der Waals surface area contributed by atoms with E-state index in [1.807, 2.05) is 79.7 Å². The monoisotopic (exact) mass is 901 g/mol. The molecule has 6 aromatic rings. The lowest BCUT2D eigenvalue weighted by Gasteiger charge is -2.24. The Bertz CT molecular complexity index is 2670. The van der Waals surface area contributed by atoms with Gasteiger partial charge in [-0.3, -0.25) is 9.59 Å². The highest BCUT2D eigenvalue weighted by Crippen LogP contribution is 2.32. The standard InChI is InChI=1S/C54H51N3O10/c1-37-18-20-40(21-19-37)53(61)66-43-26-28-44(29-27-43)67-54(62)41-22-24-42(25-23-41)63-34-12-4-2-3-5-13-35-64-48(59)32-33-49(60)65-45-30-31-46(47(58)36-45)52-56-50(38-14-8-6-9-15-38)55-51(57-52)39-16-10-7-11-17-39/h6-11,14-31,36,52,58H,2-5,12-13,32-35H2,1H3,(H,55,56,57). The van der Waals surface area contributed by atoms with E-state index in [0.717, 1.165) is 48.8 Å². The van der Waals surface area contributed by atoms with E-state index in [1.165, 1.54) is 6.07 Å². The Morgan fingerprint density at radius 1 is 0.552 bits per heavy atom. The number of esters is 4. The lowest BCUT2D eigenvalue weighted by Crippen LogP contribution is -2.33. The molecular formula is C54H51N3O10. The second kappa shape index (κ2) is 23.7. The second-order valence-corrected chi connectivity index (χ2v) is 15.7. The quantitative estimate of drug-likeness (QED) is 0.0400. The Morgan fingerprint density at radius 3 is 1.69 bits per heavy atom. The molecular weight excluding hydrogens is 851 g/mol. The SMILES string of the molecule is Cc1ccc(C(=O)Oc2ccc(OC(=O)c3ccc(OCCCCCCCCOC(=O)CCC(=O)Oc4ccc(C5N=C(c6ccccc6)N=C(c6ccccc6)N5)c(O)c4)cc3)cc2)cc1. The molecule has 0 bridgehead atoms. The number of nitrogens with one attached hydrogen (secondary N) is 1. The average molecular weight is 902 g/mol. The van der Waals surface area contributed by atoms with Gasteiger partial charge in [-0.15, -0.1) is 0 Å². The van der Waals surface area contributed by atoms with Crippen LogP contribution >= 0.6 is 0 Å². The van der Waals surface area contributed by atoms with Gasteiger partial charge in [-0.25, -0.2) is 19.6 Å². The number of benzene rings is 6. The minimum atomic E-state index is -0.659. The van der Waals surface area contributed by atoms with Crippen molar-refractivity contribution in [3.63, 3.8) is 0 Å². The number of phenolic OH excluding ortho intramolecular Hbond substituents is 1. The van der Waals surface area contributed by atoms with Crippen molar-refractivity contribution in [2.75, 3.05) is 13.2 Å². The topological polar surface area (TPSA) is 171 Å². The molecule has 7 rings (SSSR count). The van der Waals surface area contributed by atoms with Crippen LogP contribution in [0.4, 0.5) is 0 Å². The number of aromatic hydroxyl groups is 1. The van der Waals surface area contributed by atoms with Crippen molar-refractivity contribution in [3.8, 4) is 28.7 Å². The van der Waals surface area contributed by atoms with Crippen molar-refractivity contribution in [1.29, 1.82) is 0 Å². The summed E-state index contributed by atoms with van der Waals surface area (Å²) in [4.78, 5) is 59.5. The molecule has 342 valence electrons. The van der Waals surface area contributed by atoms with Gasteiger partial charge in [0.25, 0.3) is 0 Å². The van der Waals surface area contributed by atoms with Gasteiger partial charge in [0.1, 0.15) is 34.6 Å². The Kier molecular flexibility index (Phi) is 16.6. The number of hydrogen-bond acceptors (Lipinski definition) is 13. The third-order valence-electron chi connectivity index (χ3n) is 10.6. The minimum absolute atomic E-state index is 0.117. The average Bonchev–Trinajstić information content (AvgIpc) is 3.35. The highest BCUT2D eigenvalue weighted by atomic mass is 16.5. The van der Waals surface area contributed by atoms with E-state index in [2.05, 4.69) is 5.32 Å². The zero-order valence-corrected chi connectivity index (χ0v) is 37.1. The summed E-state index contributed by atoms with van der Waals surface area (Å²) in [6, 6.07) is 43.9. The molecule has 0 aromatic heterocycles. The van der Waals surface area contributed by atoms with Crippen molar-refractivity contribution >= 4 is 35.5 Å². The molecule has 1 atom stereocenters. The third kappa shape index (κ3) is 14.2. The van der Waals surface area contributed by atoms with Crippen molar-refractivity contribution in [2.45, 2.75) is 64.5 Å². The molecule has 0 spiro atoms. The predicted octanol–water partition coefficient (Wildman–Crippen LogP) is 10.3. The Morgan fingerprint density at radius 2 is 1.07 bits per heavy atom. The van der Waals surface area contributed by atoms with Crippen LogP contribution in [0.15, 0.2) is 162 Å². The number of amidine groups is 2. The zero-order valence-electron chi connectivity index (χ0n) is 37.1. The number of unbranched alkanes of at least 4 members (excludes halogenated alkanes) is 5. The first-order valence-corrected chi connectivity index (χ1v) is 22.2. The molecule has 1 aliphatic heterocycles. The first kappa shape index (κ1) is 46.9. The van der Waals surface area contributed by atoms with Crippen LogP contribution in [0.1, 0.15) is 101 Å². The van der Waals surface area contributed by atoms with Gasteiger partial charge >= 0.3 is 23.9 Å². The predicted molar refractivity (Wildman–Crippen MR) is 253 cm³/mol. The summed E-state index contributed by atoms with van der Waals surface area (Å²) in [5.74, 6) is 0.343. The molecule has 67 heavy (non-hydrogen) atoms. The third-order valence-corrected chi connectivity index (χ3v) is 10.6. The molecule has 0 fully saturated rings. The normalized spacial score (nSPS) is 13.0. The molecule has 0 saturated heterocycles. The molecule has 2 N–H and O–H groups in total. The molecule has 0 radical (unpaired) electrons. The van der Waals surface area contributed by atoms with E-state index < -0.39 is 30.0 Å². The van der Waals surface area contributed by atoms with Gasteiger partial charge in [-0.05, 0) is 92.6 Å². The van der Waals surface area contributed by atoms with Gasteiger partial charge in [-0.2, -0.15) is 0 Å². The van der Waals surface area contributed by atoms with E-state index in [-0.39, 0.29) is 30.9 Å². The van der Waals surface area contributed by atoms with Gasteiger partial charge < -0.3 is 34.1 Å². The van der Waals surface area contributed by atoms with E-state index in [9.17, 15) is 24.3 Å². The van der Waals surface area contributed by atoms with Crippen LogP contribution in [0.2, 0.25) is 0 Å². The molecule has 0 saturated carbocycles. The fraction of sp³-hybridized carbons (Fsp3) is 0.222. The summed E-state index contributed by atoms with van der Waals surface area (Å²) in [6.45, 7) is 2.74. The van der Waals surface area contributed by atoms with Crippen molar-refractivity contribution < 1.29 is 48.0 Å². The highest BCUT2D eigenvalue weighted by molar-refractivity contribution is 6.13. The van der Waals surface area contributed by atoms with Crippen LogP contribution in [0, 0.1) is 6.92 Å². The van der Waals surface area contributed by atoms with Crippen molar-refractivity contribution in [1.82, 2.24) is 5.32 Å². The minimum Gasteiger partial charge on any atom is -0.507 e. The molecule has 0 amide bonds. The number of carbonyl (C=O) groups excluding carboxylic acids is 4. The lowest BCUT2D eigenvalue weighted by molar-refractivity contribution is -0.147. The van der Waals surface area contributed by atoms with Crippen molar-refractivity contribution in [2.24, 2.45) is 9.98 Å².